The number of anilines is 2. The maximum atomic E-state index is 13.1. The zero-order chi connectivity index (χ0) is 22.1. The third kappa shape index (κ3) is 4.17. The van der Waals surface area contributed by atoms with Crippen LogP contribution >= 0.6 is 0 Å². The molecule has 0 bridgehead atoms. The molecule has 1 aromatic heterocycles. The highest BCUT2D eigenvalue weighted by atomic mass is 16.5. The summed E-state index contributed by atoms with van der Waals surface area (Å²) in [7, 11) is 1.58. The number of ether oxygens (including phenoxy) is 1. The first-order chi connectivity index (χ1) is 14.9. The summed E-state index contributed by atoms with van der Waals surface area (Å²) in [6.07, 6.45) is 0.158. The fourth-order valence-electron chi connectivity index (χ4n) is 3.90. The van der Waals surface area contributed by atoms with Crippen LogP contribution < -0.4 is 15.0 Å². The van der Waals surface area contributed by atoms with Crippen molar-refractivity contribution in [3.8, 4) is 17.0 Å². The molecule has 2 amide bonds. The summed E-state index contributed by atoms with van der Waals surface area (Å²) in [5, 5.41) is 10.3. The van der Waals surface area contributed by atoms with E-state index < -0.39 is 5.92 Å². The van der Waals surface area contributed by atoms with Gasteiger partial charge in [-0.3, -0.25) is 14.7 Å². The number of nitrogens with zero attached hydrogens (tertiary/aromatic N) is 2. The summed E-state index contributed by atoms with van der Waals surface area (Å²) in [6, 6.07) is 13.4. The third-order valence-electron chi connectivity index (χ3n) is 5.54. The average Bonchev–Trinajstić information content (AvgIpc) is 3.35. The van der Waals surface area contributed by atoms with Crippen LogP contribution in [-0.2, 0) is 9.59 Å². The highest BCUT2D eigenvalue weighted by molar-refractivity contribution is 6.05. The number of aromatic amines is 1. The summed E-state index contributed by atoms with van der Waals surface area (Å²) < 4.78 is 5.43. The number of H-pyrrole nitrogens is 1. The number of carbonyl (C=O) groups is 2. The van der Waals surface area contributed by atoms with Crippen LogP contribution in [0.3, 0.4) is 0 Å². The fourth-order valence-corrected chi connectivity index (χ4v) is 3.90. The molecule has 2 N–H and O–H groups in total. The molecule has 1 saturated heterocycles. The van der Waals surface area contributed by atoms with Gasteiger partial charge < -0.3 is 15.0 Å². The van der Waals surface area contributed by atoms with Crippen LogP contribution in [0.15, 0.2) is 42.5 Å². The number of benzene rings is 2. The normalized spacial score (nSPS) is 15.9. The van der Waals surface area contributed by atoms with E-state index in [1.807, 2.05) is 63.2 Å². The first kappa shape index (κ1) is 20.7. The predicted molar refractivity (Wildman–Crippen MR) is 120 cm³/mol. The number of rotatable bonds is 5. The molecule has 1 fully saturated rings. The van der Waals surface area contributed by atoms with Crippen molar-refractivity contribution in [2.75, 3.05) is 23.9 Å². The Morgan fingerprint density at radius 3 is 2.58 bits per heavy atom. The monoisotopic (exact) mass is 418 g/mol. The van der Waals surface area contributed by atoms with E-state index in [2.05, 4.69) is 15.5 Å². The number of hydrogen-bond acceptors (Lipinski definition) is 4. The molecule has 1 atom stereocenters. The van der Waals surface area contributed by atoms with Crippen molar-refractivity contribution in [2.24, 2.45) is 5.92 Å². The Kier molecular flexibility index (Phi) is 5.50. The van der Waals surface area contributed by atoms with E-state index in [4.69, 9.17) is 4.74 Å². The topological polar surface area (TPSA) is 87.3 Å². The Bertz CT molecular complexity index is 1150. The van der Waals surface area contributed by atoms with E-state index in [1.54, 1.807) is 12.0 Å². The van der Waals surface area contributed by atoms with Crippen molar-refractivity contribution >= 4 is 23.2 Å². The van der Waals surface area contributed by atoms with Crippen molar-refractivity contribution < 1.29 is 14.3 Å². The number of methoxy groups -OCH3 is 1. The molecule has 0 aliphatic carbocycles. The lowest BCUT2D eigenvalue weighted by Gasteiger charge is -2.20. The molecule has 0 spiro atoms. The third-order valence-corrected chi connectivity index (χ3v) is 5.54. The number of carbonyl (C=O) groups excluding carboxylic acids is 2. The van der Waals surface area contributed by atoms with E-state index >= 15 is 0 Å². The highest BCUT2D eigenvalue weighted by Crippen LogP contribution is 2.35. The van der Waals surface area contributed by atoms with Gasteiger partial charge in [0.2, 0.25) is 11.8 Å². The molecule has 1 aliphatic heterocycles. The lowest BCUT2D eigenvalue weighted by Crippen LogP contribution is -2.28. The molecule has 0 unspecified atom stereocenters. The molecule has 7 nitrogen and oxygen atoms in total. The van der Waals surface area contributed by atoms with Gasteiger partial charge in [-0.2, -0.15) is 5.10 Å². The zero-order valence-electron chi connectivity index (χ0n) is 18.2. The van der Waals surface area contributed by atoms with Crippen LogP contribution in [-0.4, -0.2) is 35.7 Å². The zero-order valence-corrected chi connectivity index (χ0v) is 18.2. The molecular formula is C24H26N4O3. The SMILES string of the molecule is COc1ccc(C)cc1N1C[C@@H](C(=O)Nc2ccc(C)cc2-c2cc(C)[nH]n2)CC1=O. The Labute approximate surface area is 181 Å². The van der Waals surface area contributed by atoms with Gasteiger partial charge in [0.05, 0.1) is 30.1 Å². The molecule has 0 radical (unpaired) electrons. The largest absolute Gasteiger partial charge is 0.495 e. The first-order valence-corrected chi connectivity index (χ1v) is 10.2. The molecule has 2 aromatic carbocycles. The number of aryl methyl sites for hydroxylation is 3. The van der Waals surface area contributed by atoms with Gasteiger partial charge in [0, 0.05) is 24.2 Å². The summed E-state index contributed by atoms with van der Waals surface area (Å²) in [5.41, 5.74) is 6.03. The lowest BCUT2D eigenvalue weighted by molar-refractivity contribution is -0.122. The number of hydrogen-bond donors (Lipinski definition) is 2. The molecule has 3 aromatic rings. The van der Waals surface area contributed by atoms with Gasteiger partial charge in [-0.05, 0) is 56.7 Å². The second kappa shape index (κ2) is 8.26. The molecule has 1 aliphatic rings. The van der Waals surface area contributed by atoms with E-state index in [9.17, 15) is 9.59 Å². The maximum Gasteiger partial charge on any atom is 0.229 e. The highest BCUT2D eigenvalue weighted by Gasteiger charge is 2.36. The van der Waals surface area contributed by atoms with E-state index in [-0.39, 0.29) is 18.2 Å². The summed E-state index contributed by atoms with van der Waals surface area (Å²) in [4.78, 5) is 27.5. The fraction of sp³-hybridized carbons (Fsp3) is 0.292. The van der Waals surface area contributed by atoms with Crippen molar-refractivity contribution in [3.05, 3.63) is 59.3 Å². The number of aromatic nitrogens is 2. The van der Waals surface area contributed by atoms with E-state index in [0.717, 1.165) is 28.1 Å². The Hall–Kier alpha value is -3.61. The van der Waals surface area contributed by atoms with Crippen molar-refractivity contribution in [2.45, 2.75) is 27.2 Å². The Morgan fingerprint density at radius 1 is 1.13 bits per heavy atom. The van der Waals surface area contributed by atoms with Crippen molar-refractivity contribution in [3.63, 3.8) is 0 Å². The molecule has 160 valence electrons. The van der Waals surface area contributed by atoms with Crippen LogP contribution in [0.1, 0.15) is 23.2 Å². The van der Waals surface area contributed by atoms with Crippen LogP contribution in [0.4, 0.5) is 11.4 Å². The van der Waals surface area contributed by atoms with Crippen LogP contribution in [0.5, 0.6) is 5.75 Å². The minimum atomic E-state index is -0.451. The van der Waals surface area contributed by atoms with Crippen LogP contribution in [0.25, 0.3) is 11.3 Å². The van der Waals surface area contributed by atoms with E-state index in [0.29, 0.717) is 23.7 Å². The molecular weight excluding hydrogens is 392 g/mol. The first-order valence-electron chi connectivity index (χ1n) is 10.2. The second-order valence-electron chi connectivity index (χ2n) is 8.06. The molecule has 7 heteroatoms. The summed E-state index contributed by atoms with van der Waals surface area (Å²) in [6.45, 7) is 6.21. The molecule has 31 heavy (non-hydrogen) atoms. The summed E-state index contributed by atoms with van der Waals surface area (Å²) in [5.74, 6) is -0.0986. The quantitative estimate of drug-likeness (QED) is 0.656. The van der Waals surface area contributed by atoms with Gasteiger partial charge in [-0.25, -0.2) is 0 Å². The Balaban J connectivity index is 1.56. The number of nitrogens with one attached hydrogen (secondary N) is 2. The summed E-state index contributed by atoms with van der Waals surface area (Å²) >= 11 is 0. The minimum absolute atomic E-state index is 0.0869. The average molecular weight is 418 g/mol. The minimum Gasteiger partial charge on any atom is -0.495 e. The number of amides is 2. The van der Waals surface area contributed by atoms with Gasteiger partial charge in [-0.15, -0.1) is 0 Å². The van der Waals surface area contributed by atoms with Gasteiger partial charge in [-0.1, -0.05) is 17.7 Å². The smallest absolute Gasteiger partial charge is 0.229 e. The van der Waals surface area contributed by atoms with Crippen LogP contribution in [0, 0.1) is 26.7 Å². The maximum absolute atomic E-state index is 13.1. The Morgan fingerprint density at radius 2 is 1.87 bits per heavy atom. The lowest BCUT2D eigenvalue weighted by atomic mass is 10.0. The van der Waals surface area contributed by atoms with Gasteiger partial charge in [0.15, 0.2) is 0 Å². The van der Waals surface area contributed by atoms with Gasteiger partial charge in [0.25, 0.3) is 0 Å². The molecule has 4 rings (SSSR count). The van der Waals surface area contributed by atoms with Crippen LogP contribution in [0.2, 0.25) is 0 Å². The standard InChI is InChI=1S/C24H26N4O3/c1-14-5-7-19(18(9-14)20-11-16(3)26-27-20)25-24(30)17-12-23(29)28(13-17)21-10-15(2)6-8-22(21)31-4/h5-11,17H,12-13H2,1-4H3,(H,25,30)(H,26,27)/t17-/m0/s1. The predicted octanol–water partition coefficient (Wildman–Crippen LogP) is 4.00. The van der Waals surface area contributed by atoms with Gasteiger partial charge >= 0.3 is 0 Å². The molecule has 0 saturated carbocycles. The van der Waals surface area contributed by atoms with Gasteiger partial charge in [0.1, 0.15) is 5.75 Å². The molecule has 2 heterocycles. The second-order valence-corrected chi connectivity index (χ2v) is 8.06. The van der Waals surface area contributed by atoms with Crippen molar-refractivity contribution in [1.29, 1.82) is 0 Å². The van der Waals surface area contributed by atoms with E-state index in [1.165, 1.54) is 0 Å². The van der Waals surface area contributed by atoms with Crippen molar-refractivity contribution in [1.82, 2.24) is 10.2 Å².